The Bertz CT molecular complexity index is 328. The predicted octanol–water partition coefficient (Wildman–Crippen LogP) is 2.03. The minimum Gasteiger partial charge on any atom is -0.454 e. The maximum Gasteiger partial charge on any atom is 0.303 e. The lowest BCUT2D eigenvalue weighted by Gasteiger charge is -2.27. The summed E-state index contributed by atoms with van der Waals surface area (Å²) in [5, 5.41) is 0. The van der Waals surface area contributed by atoms with Crippen molar-refractivity contribution in [1.82, 2.24) is 0 Å². The summed E-state index contributed by atoms with van der Waals surface area (Å²) in [6.45, 7) is 5.09. The van der Waals surface area contributed by atoms with E-state index in [0.29, 0.717) is 0 Å². The first-order valence-electron chi connectivity index (χ1n) is 5.09. The molecule has 0 aliphatic heterocycles. The summed E-state index contributed by atoms with van der Waals surface area (Å²) in [6.07, 6.45) is 7.72. The molecule has 2 atom stereocenters. The van der Waals surface area contributed by atoms with Crippen LogP contribution in [0.2, 0.25) is 0 Å². The van der Waals surface area contributed by atoms with Crippen LogP contribution in [0.1, 0.15) is 27.2 Å². The molecule has 0 aromatic carbocycles. The highest BCUT2D eigenvalue weighted by atomic mass is 16.6. The standard InChI is InChI=1S/C12H16O3/c1-4-5-6-10-11(14)7-8-12(10,3)15-9(2)13/h5-8,10H,4H2,1-3H3/b6-5-. The number of esters is 1. The second-order valence-corrected chi connectivity index (χ2v) is 3.83. The third kappa shape index (κ3) is 2.55. The van der Waals surface area contributed by atoms with Gasteiger partial charge in [-0.3, -0.25) is 9.59 Å². The summed E-state index contributed by atoms with van der Waals surface area (Å²) >= 11 is 0. The van der Waals surface area contributed by atoms with E-state index in [1.807, 2.05) is 19.1 Å². The average Bonchev–Trinajstić information content (AvgIpc) is 2.39. The molecule has 1 rings (SSSR count). The average molecular weight is 208 g/mol. The molecule has 1 aliphatic carbocycles. The van der Waals surface area contributed by atoms with Gasteiger partial charge in [-0.05, 0) is 25.5 Å². The topological polar surface area (TPSA) is 43.4 Å². The Hall–Kier alpha value is -1.38. The zero-order valence-electron chi connectivity index (χ0n) is 9.32. The summed E-state index contributed by atoms with van der Waals surface area (Å²) in [6, 6.07) is 0. The van der Waals surface area contributed by atoms with Crippen LogP contribution in [0.3, 0.4) is 0 Å². The van der Waals surface area contributed by atoms with Crippen molar-refractivity contribution in [1.29, 1.82) is 0 Å². The molecule has 0 spiro atoms. The molecule has 15 heavy (non-hydrogen) atoms. The fourth-order valence-electron chi connectivity index (χ4n) is 1.70. The van der Waals surface area contributed by atoms with Crippen LogP contribution in [0.4, 0.5) is 0 Å². The van der Waals surface area contributed by atoms with Crippen molar-refractivity contribution in [2.24, 2.45) is 5.92 Å². The maximum absolute atomic E-state index is 11.5. The van der Waals surface area contributed by atoms with Crippen LogP contribution in [0, 0.1) is 5.92 Å². The van der Waals surface area contributed by atoms with Crippen LogP contribution in [0.15, 0.2) is 24.3 Å². The Balaban J connectivity index is 2.87. The molecular formula is C12H16O3. The largest absolute Gasteiger partial charge is 0.454 e. The van der Waals surface area contributed by atoms with Crippen molar-refractivity contribution < 1.29 is 14.3 Å². The van der Waals surface area contributed by atoms with Gasteiger partial charge < -0.3 is 4.74 Å². The molecule has 3 nitrogen and oxygen atoms in total. The molecule has 1 aliphatic rings. The Morgan fingerprint density at radius 1 is 1.67 bits per heavy atom. The summed E-state index contributed by atoms with van der Waals surface area (Å²) in [5.74, 6) is -0.753. The van der Waals surface area contributed by atoms with E-state index in [-0.39, 0.29) is 17.7 Å². The molecule has 0 saturated carbocycles. The summed E-state index contributed by atoms with van der Waals surface area (Å²) < 4.78 is 5.18. The SMILES string of the molecule is CC/C=C\C1C(=O)C=CC1(C)OC(C)=O. The molecule has 0 fully saturated rings. The van der Waals surface area contributed by atoms with E-state index in [9.17, 15) is 9.59 Å². The molecule has 82 valence electrons. The first-order valence-corrected chi connectivity index (χ1v) is 5.09. The fourth-order valence-corrected chi connectivity index (χ4v) is 1.70. The van der Waals surface area contributed by atoms with Crippen LogP contribution >= 0.6 is 0 Å². The van der Waals surface area contributed by atoms with Crippen LogP contribution in [0.25, 0.3) is 0 Å². The lowest BCUT2D eigenvalue weighted by atomic mass is 9.91. The number of rotatable bonds is 3. The van der Waals surface area contributed by atoms with Gasteiger partial charge >= 0.3 is 5.97 Å². The van der Waals surface area contributed by atoms with Gasteiger partial charge in [0.05, 0.1) is 5.92 Å². The number of carbonyl (C=O) groups is 2. The zero-order valence-corrected chi connectivity index (χ0v) is 9.32. The van der Waals surface area contributed by atoms with E-state index in [0.717, 1.165) is 6.42 Å². The van der Waals surface area contributed by atoms with Gasteiger partial charge in [0, 0.05) is 6.92 Å². The molecule has 0 radical (unpaired) electrons. The first kappa shape index (κ1) is 11.7. The maximum atomic E-state index is 11.5. The Morgan fingerprint density at radius 2 is 2.33 bits per heavy atom. The minimum absolute atomic E-state index is 0.0107. The van der Waals surface area contributed by atoms with Gasteiger partial charge in [-0.25, -0.2) is 0 Å². The lowest BCUT2D eigenvalue weighted by Crippen LogP contribution is -2.36. The Labute approximate surface area is 89.8 Å². The van der Waals surface area contributed by atoms with Crippen LogP contribution in [-0.2, 0) is 14.3 Å². The molecule has 2 unspecified atom stereocenters. The Kier molecular flexibility index (Phi) is 3.45. The smallest absolute Gasteiger partial charge is 0.303 e. The van der Waals surface area contributed by atoms with Crippen molar-refractivity contribution in [3.05, 3.63) is 24.3 Å². The quantitative estimate of drug-likeness (QED) is 0.526. The van der Waals surface area contributed by atoms with Crippen LogP contribution in [0.5, 0.6) is 0 Å². The summed E-state index contributed by atoms with van der Waals surface area (Å²) in [7, 11) is 0. The highest BCUT2D eigenvalue weighted by Gasteiger charge is 2.41. The van der Waals surface area contributed by atoms with Crippen molar-refractivity contribution in [3.8, 4) is 0 Å². The molecule has 0 saturated heterocycles. The first-order chi connectivity index (χ1) is 6.99. The van der Waals surface area contributed by atoms with E-state index in [1.165, 1.54) is 13.0 Å². The molecule has 0 bridgehead atoms. The third-order valence-corrected chi connectivity index (χ3v) is 2.43. The molecule has 0 aromatic rings. The van der Waals surface area contributed by atoms with E-state index < -0.39 is 5.60 Å². The van der Waals surface area contributed by atoms with Gasteiger partial charge in [0.1, 0.15) is 5.60 Å². The zero-order chi connectivity index (χ0) is 11.5. The van der Waals surface area contributed by atoms with Gasteiger partial charge in [-0.2, -0.15) is 0 Å². The van der Waals surface area contributed by atoms with E-state index >= 15 is 0 Å². The van der Waals surface area contributed by atoms with Gasteiger partial charge in [0.2, 0.25) is 0 Å². The number of hydrogen-bond acceptors (Lipinski definition) is 3. The van der Waals surface area contributed by atoms with Crippen LogP contribution in [-0.4, -0.2) is 17.4 Å². The van der Waals surface area contributed by atoms with Crippen molar-refractivity contribution >= 4 is 11.8 Å². The fraction of sp³-hybridized carbons (Fsp3) is 0.500. The van der Waals surface area contributed by atoms with Gasteiger partial charge in [0.15, 0.2) is 5.78 Å². The molecular weight excluding hydrogens is 192 g/mol. The van der Waals surface area contributed by atoms with Crippen molar-refractivity contribution in [3.63, 3.8) is 0 Å². The molecule has 3 heteroatoms. The summed E-state index contributed by atoms with van der Waals surface area (Å²) in [5.41, 5.74) is -0.811. The van der Waals surface area contributed by atoms with E-state index in [4.69, 9.17) is 4.74 Å². The Morgan fingerprint density at radius 3 is 2.87 bits per heavy atom. The number of allylic oxidation sites excluding steroid dienone is 2. The van der Waals surface area contributed by atoms with Crippen molar-refractivity contribution in [2.45, 2.75) is 32.8 Å². The van der Waals surface area contributed by atoms with E-state index in [1.54, 1.807) is 13.0 Å². The normalized spacial score (nSPS) is 30.1. The number of ether oxygens (including phenoxy) is 1. The molecule has 0 aromatic heterocycles. The molecule has 0 N–H and O–H groups in total. The van der Waals surface area contributed by atoms with Gasteiger partial charge in [0.25, 0.3) is 0 Å². The van der Waals surface area contributed by atoms with Gasteiger partial charge in [-0.15, -0.1) is 0 Å². The van der Waals surface area contributed by atoms with Gasteiger partial charge in [-0.1, -0.05) is 19.1 Å². The second-order valence-electron chi connectivity index (χ2n) is 3.83. The summed E-state index contributed by atoms with van der Waals surface area (Å²) in [4.78, 5) is 22.5. The molecule has 0 amide bonds. The highest BCUT2D eigenvalue weighted by molar-refractivity contribution is 5.97. The van der Waals surface area contributed by atoms with Crippen LogP contribution < -0.4 is 0 Å². The molecule has 0 heterocycles. The monoisotopic (exact) mass is 208 g/mol. The number of carbonyl (C=O) groups excluding carboxylic acids is 2. The minimum atomic E-state index is -0.811. The third-order valence-electron chi connectivity index (χ3n) is 2.43. The number of ketones is 1. The lowest BCUT2D eigenvalue weighted by molar-refractivity contribution is -0.154. The predicted molar refractivity (Wildman–Crippen MR) is 57.2 cm³/mol. The number of hydrogen-bond donors (Lipinski definition) is 0. The van der Waals surface area contributed by atoms with E-state index in [2.05, 4.69) is 0 Å². The highest BCUT2D eigenvalue weighted by Crippen LogP contribution is 2.31. The van der Waals surface area contributed by atoms with Crippen molar-refractivity contribution in [2.75, 3.05) is 0 Å². The second kappa shape index (κ2) is 4.43.